The van der Waals surface area contributed by atoms with Crippen molar-refractivity contribution in [3.8, 4) is 0 Å². The molecule has 0 saturated carbocycles. The molecule has 0 aromatic carbocycles. The second-order valence-corrected chi connectivity index (χ2v) is 3.85. The van der Waals surface area contributed by atoms with Gasteiger partial charge < -0.3 is 10.2 Å². The molecule has 96 valence electrons. The zero-order valence-corrected chi connectivity index (χ0v) is 10.9. The smallest absolute Gasteiger partial charge is 0.323 e. The van der Waals surface area contributed by atoms with Crippen LogP contribution in [0.5, 0.6) is 0 Å². The number of nitrogens with one attached hydrogen (secondary N) is 1. The lowest BCUT2D eigenvalue weighted by Crippen LogP contribution is -2.39. The lowest BCUT2D eigenvalue weighted by Gasteiger charge is -2.11. The molecule has 0 saturated heterocycles. The third-order valence-electron chi connectivity index (χ3n) is 1.86. The topological polar surface area (TPSA) is 82.5 Å². The minimum Gasteiger partial charge on any atom is -0.480 e. The van der Waals surface area contributed by atoms with Gasteiger partial charge >= 0.3 is 5.97 Å². The molecule has 1 aromatic heterocycles. The zero-order valence-electron chi connectivity index (χ0n) is 8.56. The summed E-state index contributed by atoms with van der Waals surface area (Å²) in [5.41, 5.74) is 0.699. The van der Waals surface area contributed by atoms with Crippen molar-refractivity contribution in [3.63, 3.8) is 0 Å². The molecule has 0 radical (unpaired) electrons. The highest BCUT2D eigenvalue weighted by atomic mass is 35.5. The van der Waals surface area contributed by atoms with Gasteiger partial charge in [-0.1, -0.05) is 23.2 Å². The molecule has 0 bridgehead atoms. The fourth-order valence-corrected chi connectivity index (χ4v) is 1.59. The van der Waals surface area contributed by atoms with E-state index in [4.69, 9.17) is 33.4 Å². The molecule has 5 nitrogen and oxygen atoms in total. The van der Waals surface area contributed by atoms with Crippen LogP contribution < -0.4 is 5.32 Å². The minimum atomic E-state index is -1.12. The number of halogens is 3. The number of aliphatic hydroxyl groups excluding tert-OH is 1. The van der Waals surface area contributed by atoms with E-state index in [1.807, 2.05) is 0 Å². The standard InChI is InChI=1S/C9H10Cl2N2O3.ClH/c10-7-1-5(2-8(11)13-7)3-12-6(4-14)9(15)16;/h1-2,6,12,14H,3-4H2,(H,15,16);1H/t6-;/m0./s1. The van der Waals surface area contributed by atoms with Crippen molar-refractivity contribution in [2.45, 2.75) is 12.6 Å². The van der Waals surface area contributed by atoms with Crippen LogP contribution in [0.2, 0.25) is 10.3 Å². The highest BCUT2D eigenvalue weighted by molar-refractivity contribution is 6.32. The number of hydrogen-bond donors (Lipinski definition) is 3. The molecule has 1 atom stereocenters. The van der Waals surface area contributed by atoms with Crippen LogP contribution in [-0.2, 0) is 11.3 Å². The maximum atomic E-state index is 10.6. The molecular formula is C9H11Cl3N2O3. The Balaban J connectivity index is 0.00000256. The maximum Gasteiger partial charge on any atom is 0.323 e. The number of pyridine rings is 1. The number of hydrogen-bond acceptors (Lipinski definition) is 4. The Morgan fingerprint density at radius 3 is 2.35 bits per heavy atom. The lowest BCUT2D eigenvalue weighted by molar-refractivity contribution is -0.140. The third-order valence-corrected chi connectivity index (χ3v) is 2.24. The Labute approximate surface area is 114 Å². The van der Waals surface area contributed by atoms with E-state index in [0.29, 0.717) is 5.56 Å². The molecule has 1 heterocycles. The Morgan fingerprint density at radius 2 is 1.94 bits per heavy atom. The summed E-state index contributed by atoms with van der Waals surface area (Å²) in [6, 6.07) is 2.12. The van der Waals surface area contributed by atoms with Crippen molar-refractivity contribution >= 4 is 41.6 Å². The van der Waals surface area contributed by atoms with E-state index < -0.39 is 18.6 Å². The first-order chi connectivity index (χ1) is 7.52. The summed E-state index contributed by atoms with van der Waals surface area (Å²) in [4.78, 5) is 14.4. The molecule has 0 amide bonds. The van der Waals surface area contributed by atoms with Crippen LogP contribution in [-0.4, -0.2) is 33.8 Å². The first-order valence-corrected chi connectivity index (χ1v) is 5.17. The van der Waals surface area contributed by atoms with Crippen molar-refractivity contribution in [1.29, 1.82) is 0 Å². The monoisotopic (exact) mass is 300 g/mol. The number of nitrogens with zero attached hydrogens (tertiary/aromatic N) is 1. The van der Waals surface area contributed by atoms with Crippen molar-refractivity contribution in [2.24, 2.45) is 0 Å². The van der Waals surface area contributed by atoms with Crippen LogP contribution in [0.25, 0.3) is 0 Å². The van der Waals surface area contributed by atoms with Gasteiger partial charge in [0.2, 0.25) is 0 Å². The van der Waals surface area contributed by atoms with Gasteiger partial charge in [0.1, 0.15) is 16.3 Å². The second kappa shape index (κ2) is 7.68. The van der Waals surface area contributed by atoms with Gasteiger partial charge in [0.25, 0.3) is 0 Å². The minimum absolute atomic E-state index is 0. The molecule has 1 rings (SSSR count). The van der Waals surface area contributed by atoms with Crippen LogP contribution in [0, 0.1) is 0 Å². The number of rotatable bonds is 5. The van der Waals surface area contributed by atoms with Gasteiger partial charge in [-0.3, -0.25) is 10.1 Å². The molecule has 3 N–H and O–H groups in total. The Hall–Kier alpha value is -0.590. The van der Waals surface area contributed by atoms with E-state index in [0.717, 1.165) is 0 Å². The first-order valence-electron chi connectivity index (χ1n) is 4.42. The Kier molecular flexibility index (Phi) is 7.41. The SMILES string of the molecule is Cl.O=C(O)[C@H](CO)NCc1cc(Cl)nc(Cl)c1. The molecule has 17 heavy (non-hydrogen) atoms. The van der Waals surface area contributed by atoms with Crippen molar-refractivity contribution in [2.75, 3.05) is 6.61 Å². The molecule has 0 spiro atoms. The summed E-state index contributed by atoms with van der Waals surface area (Å²) < 4.78 is 0. The molecule has 8 heteroatoms. The predicted octanol–water partition coefficient (Wildman–Crippen LogP) is 1.35. The highest BCUT2D eigenvalue weighted by Crippen LogP contribution is 2.14. The summed E-state index contributed by atoms with van der Waals surface area (Å²) in [5.74, 6) is -1.12. The van der Waals surface area contributed by atoms with Gasteiger partial charge in [-0.25, -0.2) is 4.98 Å². The van der Waals surface area contributed by atoms with Gasteiger partial charge in [0, 0.05) is 6.54 Å². The normalized spacial score (nSPS) is 11.7. The van der Waals surface area contributed by atoms with E-state index in [9.17, 15) is 4.79 Å². The summed E-state index contributed by atoms with van der Waals surface area (Å²) in [5, 5.41) is 20.6. The van der Waals surface area contributed by atoms with Crippen molar-refractivity contribution in [1.82, 2.24) is 10.3 Å². The van der Waals surface area contributed by atoms with Crippen LogP contribution >= 0.6 is 35.6 Å². The molecular weight excluding hydrogens is 290 g/mol. The van der Waals surface area contributed by atoms with Gasteiger partial charge in [0.15, 0.2) is 0 Å². The largest absolute Gasteiger partial charge is 0.480 e. The highest BCUT2D eigenvalue weighted by Gasteiger charge is 2.15. The summed E-state index contributed by atoms with van der Waals surface area (Å²) in [6.07, 6.45) is 0. The van der Waals surface area contributed by atoms with Crippen LogP contribution in [0.1, 0.15) is 5.56 Å². The first kappa shape index (κ1) is 16.4. The van der Waals surface area contributed by atoms with E-state index in [1.165, 1.54) is 0 Å². The number of aliphatic carboxylic acids is 1. The summed E-state index contributed by atoms with van der Waals surface area (Å²) >= 11 is 11.3. The molecule has 1 aromatic rings. The average molecular weight is 302 g/mol. The quantitative estimate of drug-likeness (QED) is 0.715. The molecule has 0 fully saturated rings. The predicted molar refractivity (Wildman–Crippen MR) is 66.9 cm³/mol. The van der Waals surface area contributed by atoms with Crippen LogP contribution in [0.15, 0.2) is 12.1 Å². The van der Waals surface area contributed by atoms with E-state index in [2.05, 4.69) is 10.3 Å². The van der Waals surface area contributed by atoms with Crippen molar-refractivity contribution < 1.29 is 15.0 Å². The molecule has 0 aliphatic carbocycles. The van der Waals surface area contributed by atoms with E-state index in [1.54, 1.807) is 12.1 Å². The number of carboxylic acids is 1. The maximum absolute atomic E-state index is 10.6. The van der Waals surface area contributed by atoms with Crippen LogP contribution in [0.3, 0.4) is 0 Å². The second-order valence-electron chi connectivity index (χ2n) is 3.08. The number of carboxylic acid groups (broad SMARTS) is 1. The average Bonchev–Trinajstić information content (AvgIpc) is 2.16. The van der Waals surface area contributed by atoms with E-state index in [-0.39, 0.29) is 29.3 Å². The molecule has 0 aliphatic rings. The lowest BCUT2D eigenvalue weighted by atomic mass is 10.2. The zero-order chi connectivity index (χ0) is 12.1. The Bertz CT molecular complexity index is 369. The summed E-state index contributed by atoms with van der Waals surface area (Å²) in [6.45, 7) is -0.249. The van der Waals surface area contributed by atoms with E-state index >= 15 is 0 Å². The van der Waals surface area contributed by atoms with Gasteiger partial charge in [0.05, 0.1) is 6.61 Å². The number of carbonyl (C=O) groups is 1. The summed E-state index contributed by atoms with van der Waals surface area (Å²) in [7, 11) is 0. The van der Waals surface area contributed by atoms with Crippen molar-refractivity contribution in [3.05, 3.63) is 28.0 Å². The number of aliphatic hydroxyl groups is 1. The molecule has 0 aliphatic heterocycles. The van der Waals surface area contributed by atoms with Crippen LogP contribution in [0.4, 0.5) is 0 Å². The fraction of sp³-hybridized carbons (Fsp3) is 0.333. The van der Waals surface area contributed by atoms with Gasteiger partial charge in [-0.2, -0.15) is 0 Å². The fourth-order valence-electron chi connectivity index (χ4n) is 1.09. The van der Waals surface area contributed by atoms with Gasteiger partial charge in [-0.05, 0) is 17.7 Å². The molecule has 0 unspecified atom stereocenters. The Morgan fingerprint density at radius 1 is 1.41 bits per heavy atom. The third kappa shape index (κ3) is 5.52. The number of aromatic nitrogens is 1. The van der Waals surface area contributed by atoms with Gasteiger partial charge in [-0.15, -0.1) is 12.4 Å².